The molecule has 4 N–H and O–H groups in total. The van der Waals surface area contributed by atoms with E-state index < -0.39 is 75.4 Å². The Bertz CT molecular complexity index is 1930. The summed E-state index contributed by atoms with van der Waals surface area (Å²) in [6, 6.07) is 20.8. The van der Waals surface area contributed by atoms with E-state index in [-0.39, 0.29) is 28.3 Å². The molecule has 5 rings (SSSR count). The molecule has 0 radical (unpaired) electrons. The molecule has 3 atom stereocenters. The van der Waals surface area contributed by atoms with E-state index in [1.165, 1.54) is 24.3 Å². The minimum atomic E-state index is -2.46. The SMILES string of the molecule is CC(C)(C)OC(=O)N[C@@H](C(=O)NC1C(=O)N2C(C(=O)OC(c3ccccc3)c3ccccc3)=C(COC(=O)NC(=O)C(Cl)(Cl)Cl)CS[C@H]12)c1ccc(O)cc1. The second-order valence-electron chi connectivity index (χ2n) is 13.2. The summed E-state index contributed by atoms with van der Waals surface area (Å²) in [5.41, 5.74) is 0.562. The molecule has 0 bridgehead atoms. The third kappa shape index (κ3) is 10.4. The van der Waals surface area contributed by atoms with Crippen molar-refractivity contribution in [3.05, 3.63) is 113 Å². The fourth-order valence-corrected chi connectivity index (χ4v) is 6.98. The molecule has 0 aromatic heterocycles. The molecular formula is C37H35Cl3N4O10S. The number of phenols is 1. The van der Waals surface area contributed by atoms with Gasteiger partial charge in [0.1, 0.15) is 41.1 Å². The molecule has 18 heteroatoms. The first kappa shape index (κ1) is 41.2. The number of thioether (sulfide) groups is 1. The van der Waals surface area contributed by atoms with Gasteiger partial charge in [-0.25, -0.2) is 14.4 Å². The van der Waals surface area contributed by atoms with Gasteiger partial charge in [0.15, 0.2) is 6.10 Å². The zero-order chi connectivity index (χ0) is 40.1. The highest BCUT2D eigenvalue weighted by molar-refractivity contribution is 8.00. The molecular weight excluding hydrogens is 799 g/mol. The quantitative estimate of drug-likeness (QED) is 0.0866. The predicted molar refractivity (Wildman–Crippen MR) is 203 cm³/mol. The van der Waals surface area contributed by atoms with E-state index in [2.05, 4.69) is 10.6 Å². The number of imide groups is 1. The number of phenolic OH excluding ortho intramolecular Hbond substituents is 1. The Balaban J connectivity index is 1.42. The number of esters is 1. The number of nitrogens with one attached hydrogen (secondary N) is 3. The maximum Gasteiger partial charge on any atom is 0.414 e. The minimum Gasteiger partial charge on any atom is -0.508 e. The number of alkyl carbamates (subject to hydrolysis) is 2. The van der Waals surface area contributed by atoms with Gasteiger partial charge in [0, 0.05) is 11.3 Å². The zero-order valence-corrected chi connectivity index (χ0v) is 32.5. The summed E-state index contributed by atoms with van der Waals surface area (Å²) >= 11 is 17.8. The summed E-state index contributed by atoms with van der Waals surface area (Å²) in [7, 11) is 0. The predicted octanol–water partition coefficient (Wildman–Crippen LogP) is 5.57. The largest absolute Gasteiger partial charge is 0.508 e. The molecule has 0 aliphatic carbocycles. The van der Waals surface area contributed by atoms with Crippen LogP contribution in [0.2, 0.25) is 0 Å². The third-order valence-electron chi connectivity index (χ3n) is 7.97. The van der Waals surface area contributed by atoms with E-state index >= 15 is 0 Å². The molecule has 14 nitrogen and oxygen atoms in total. The van der Waals surface area contributed by atoms with Crippen molar-refractivity contribution in [1.29, 1.82) is 0 Å². The summed E-state index contributed by atoms with van der Waals surface area (Å²) in [5, 5.41) is 15.9. The lowest BCUT2D eigenvalue weighted by molar-refractivity contribution is -0.155. The molecule has 2 heterocycles. The van der Waals surface area contributed by atoms with E-state index in [4.69, 9.17) is 49.0 Å². The molecule has 290 valence electrons. The van der Waals surface area contributed by atoms with Crippen LogP contribution in [0.3, 0.4) is 0 Å². The highest BCUT2D eigenvalue weighted by atomic mass is 35.6. The van der Waals surface area contributed by atoms with Gasteiger partial charge in [-0.3, -0.25) is 24.6 Å². The lowest BCUT2D eigenvalue weighted by Gasteiger charge is -2.50. The van der Waals surface area contributed by atoms with Crippen LogP contribution in [0.1, 0.15) is 49.6 Å². The second-order valence-corrected chi connectivity index (χ2v) is 16.5. The fourth-order valence-electron chi connectivity index (χ4n) is 5.51. The van der Waals surface area contributed by atoms with Crippen LogP contribution in [0.25, 0.3) is 0 Å². The molecule has 55 heavy (non-hydrogen) atoms. The smallest absolute Gasteiger partial charge is 0.414 e. The Kier molecular flexibility index (Phi) is 12.9. The van der Waals surface area contributed by atoms with Crippen LogP contribution in [0, 0.1) is 0 Å². The van der Waals surface area contributed by atoms with Gasteiger partial charge in [-0.05, 0) is 49.6 Å². The number of fused-ring (bicyclic) bond motifs is 1. The number of halogens is 3. The number of nitrogens with zero attached hydrogens (tertiary/aromatic N) is 1. The lowest BCUT2D eigenvalue weighted by atomic mass is 10.00. The Hall–Kier alpha value is -4.96. The Morgan fingerprint density at radius 1 is 0.873 bits per heavy atom. The van der Waals surface area contributed by atoms with Gasteiger partial charge in [0.25, 0.3) is 15.6 Å². The minimum absolute atomic E-state index is 0.00974. The van der Waals surface area contributed by atoms with Crippen LogP contribution in [0.5, 0.6) is 5.75 Å². The third-order valence-corrected chi connectivity index (χ3v) is 9.82. The maximum atomic E-state index is 14.2. The number of carbonyl (C=O) groups is 6. The van der Waals surface area contributed by atoms with Crippen LogP contribution >= 0.6 is 46.6 Å². The Labute approximate surface area is 334 Å². The maximum absolute atomic E-state index is 14.2. The number of carbonyl (C=O) groups excluding carboxylic acids is 6. The van der Waals surface area contributed by atoms with Crippen molar-refractivity contribution in [2.45, 2.75) is 53.7 Å². The average molecular weight is 834 g/mol. The van der Waals surface area contributed by atoms with Crippen molar-refractivity contribution in [2.24, 2.45) is 0 Å². The Morgan fingerprint density at radius 2 is 1.45 bits per heavy atom. The van der Waals surface area contributed by atoms with Gasteiger partial charge >= 0.3 is 18.2 Å². The molecule has 3 aromatic rings. The van der Waals surface area contributed by atoms with Gasteiger partial charge in [-0.2, -0.15) is 0 Å². The fraction of sp³-hybridized carbons (Fsp3) is 0.297. The van der Waals surface area contributed by atoms with Crippen LogP contribution in [0.4, 0.5) is 9.59 Å². The van der Waals surface area contributed by atoms with Crippen LogP contribution < -0.4 is 16.0 Å². The average Bonchev–Trinajstić information content (AvgIpc) is 3.13. The molecule has 2 aliphatic rings. The van der Waals surface area contributed by atoms with Crippen molar-refractivity contribution >= 4 is 82.4 Å². The van der Waals surface area contributed by atoms with E-state index in [0.29, 0.717) is 11.1 Å². The summed E-state index contributed by atoms with van der Waals surface area (Å²) in [6.07, 6.45) is -3.11. The van der Waals surface area contributed by atoms with Gasteiger partial charge < -0.3 is 30.0 Å². The molecule has 1 unspecified atom stereocenters. The highest BCUT2D eigenvalue weighted by Gasteiger charge is 2.55. The number of rotatable bonds is 10. The van der Waals surface area contributed by atoms with E-state index in [9.17, 15) is 33.9 Å². The number of aromatic hydroxyl groups is 1. The van der Waals surface area contributed by atoms with Gasteiger partial charge in [-0.1, -0.05) is 108 Å². The van der Waals surface area contributed by atoms with E-state index in [0.717, 1.165) is 16.7 Å². The number of alkyl halides is 3. The van der Waals surface area contributed by atoms with Gasteiger partial charge in [-0.15, -0.1) is 11.8 Å². The van der Waals surface area contributed by atoms with Gasteiger partial charge in [0.05, 0.1) is 0 Å². The first-order valence-corrected chi connectivity index (χ1v) is 18.7. The standard InChI is InChI=1S/C37H35Cl3N4O10S/c1-36(2,3)54-35(51)42-25(20-14-16-24(45)17-15-20)29(46)41-26-30(47)44-27(23(19-55-31(26)44)18-52-34(50)43-33(49)37(38,39)40)32(48)53-28(21-10-6-4-7-11-21)22-12-8-5-9-13-22/h4-17,25-26,28,31,45H,18-19H2,1-3H3,(H,41,46)(H,42,51)(H,43,49,50)/t25-,26?,31-/m1/s1. The first-order valence-electron chi connectivity index (χ1n) is 16.5. The molecule has 2 aliphatic heterocycles. The Morgan fingerprint density at radius 3 is 2.00 bits per heavy atom. The summed E-state index contributed by atoms with van der Waals surface area (Å²) in [5.74, 6) is -3.76. The normalized spacial score (nSPS) is 17.3. The molecule has 0 saturated carbocycles. The molecule has 1 fully saturated rings. The van der Waals surface area contributed by atoms with Crippen LogP contribution in [-0.2, 0) is 33.4 Å². The van der Waals surface area contributed by atoms with Crippen molar-refractivity contribution in [1.82, 2.24) is 20.9 Å². The number of benzene rings is 3. The lowest BCUT2D eigenvalue weighted by Crippen LogP contribution is -2.71. The number of amides is 5. The molecule has 5 amide bonds. The van der Waals surface area contributed by atoms with Crippen molar-refractivity contribution in [2.75, 3.05) is 12.4 Å². The number of hydrogen-bond donors (Lipinski definition) is 4. The first-order chi connectivity index (χ1) is 25.9. The number of ether oxygens (including phenoxy) is 3. The second kappa shape index (κ2) is 17.2. The van der Waals surface area contributed by atoms with Gasteiger partial charge in [0.2, 0.25) is 5.91 Å². The van der Waals surface area contributed by atoms with E-state index in [1.807, 2.05) is 0 Å². The molecule has 0 spiro atoms. The molecule has 3 aromatic carbocycles. The summed E-state index contributed by atoms with van der Waals surface area (Å²) in [4.78, 5) is 80.3. The molecule has 1 saturated heterocycles. The number of hydrogen-bond acceptors (Lipinski definition) is 11. The number of β-lactam (4-membered cyclic amide) rings is 1. The highest BCUT2D eigenvalue weighted by Crippen LogP contribution is 2.42. The summed E-state index contributed by atoms with van der Waals surface area (Å²) in [6.45, 7) is 4.37. The van der Waals surface area contributed by atoms with Crippen molar-refractivity contribution < 1.29 is 48.1 Å². The topological polar surface area (TPSA) is 190 Å². The van der Waals surface area contributed by atoms with Crippen LogP contribution in [0.15, 0.2) is 96.2 Å². The van der Waals surface area contributed by atoms with E-state index in [1.54, 1.807) is 86.8 Å². The summed E-state index contributed by atoms with van der Waals surface area (Å²) < 4.78 is 14.2. The van der Waals surface area contributed by atoms with Crippen LogP contribution in [-0.4, -0.2) is 79.1 Å². The van der Waals surface area contributed by atoms with Crippen molar-refractivity contribution in [3.8, 4) is 5.75 Å². The van der Waals surface area contributed by atoms with Crippen molar-refractivity contribution in [3.63, 3.8) is 0 Å². The zero-order valence-electron chi connectivity index (χ0n) is 29.4. The monoisotopic (exact) mass is 832 g/mol.